The molecule has 138 valence electrons. The van der Waals surface area contributed by atoms with Gasteiger partial charge in [0, 0.05) is 18.3 Å². The Morgan fingerprint density at radius 3 is 2.23 bits per heavy atom. The summed E-state index contributed by atoms with van der Waals surface area (Å²) < 4.78 is 4.74. The normalized spacial score (nSPS) is 17.5. The van der Waals surface area contributed by atoms with Crippen molar-refractivity contribution in [2.24, 2.45) is 0 Å². The molecular weight excluding hydrogens is 322 g/mol. The summed E-state index contributed by atoms with van der Waals surface area (Å²) in [5.74, 6) is -0.349. The number of aromatic nitrogens is 1. The molecule has 3 rings (SSSR count). The van der Waals surface area contributed by atoms with Crippen LogP contribution < -0.4 is 0 Å². The molecule has 3 nitrogen and oxygen atoms in total. The van der Waals surface area contributed by atoms with Gasteiger partial charge >= 0.3 is 5.97 Å². The van der Waals surface area contributed by atoms with Crippen LogP contribution in [0.1, 0.15) is 78.8 Å². The predicted octanol–water partition coefficient (Wildman–Crippen LogP) is 5.12. The standard InChI is InChI=1S/C23H29NO2/c1-15-11-19-20(23(4,5)10-9-22(19,2)3)13-17(15)12-18-8-7-16(14-24-18)21(25)26-6/h7-8,11,13-14H,9-10,12H2,1-6H3. The van der Waals surface area contributed by atoms with Gasteiger partial charge in [-0.3, -0.25) is 4.98 Å². The molecule has 0 spiro atoms. The zero-order valence-corrected chi connectivity index (χ0v) is 16.8. The van der Waals surface area contributed by atoms with Gasteiger partial charge in [0.15, 0.2) is 0 Å². The number of methoxy groups -OCH3 is 1. The summed E-state index contributed by atoms with van der Waals surface area (Å²) in [5.41, 5.74) is 7.48. The third-order valence-corrected chi connectivity index (χ3v) is 5.93. The fraction of sp³-hybridized carbons (Fsp3) is 0.478. The summed E-state index contributed by atoms with van der Waals surface area (Å²) in [6.45, 7) is 11.6. The number of aryl methyl sites for hydroxylation is 1. The number of hydrogen-bond acceptors (Lipinski definition) is 3. The number of fused-ring (bicyclic) bond motifs is 1. The lowest BCUT2D eigenvalue weighted by Gasteiger charge is -2.42. The molecule has 2 aromatic rings. The largest absolute Gasteiger partial charge is 0.465 e. The molecule has 1 aliphatic carbocycles. The molecule has 0 saturated carbocycles. The quantitative estimate of drug-likeness (QED) is 0.721. The molecule has 0 N–H and O–H groups in total. The Balaban J connectivity index is 1.96. The second-order valence-electron chi connectivity index (χ2n) is 8.80. The average Bonchev–Trinajstić information content (AvgIpc) is 2.60. The third-order valence-electron chi connectivity index (χ3n) is 5.93. The summed E-state index contributed by atoms with van der Waals surface area (Å²) in [7, 11) is 1.38. The smallest absolute Gasteiger partial charge is 0.339 e. The van der Waals surface area contributed by atoms with Gasteiger partial charge < -0.3 is 4.74 Å². The van der Waals surface area contributed by atoms with E-state index in [1.165, 1.54) is 42.2 Å². The summed E-state index contributed by atoms with van der Waals surface area (Å²) in [5, 5.41) is 0. The molecule has 3 heteroatoms. The summed E-state index contributed by atoms with van der Waals surface area (Å²) in [6, 6.07) is 8.48. The van der Waals surface area contributed by atoms with E-state index in [-0.39, 0.29) is 16.8 Å². The summed E-state index contributed by atoms with van der Waals surface area (Å²) >= 11 is 0. The molecule has 0 unspecified atom stereocenters. The van der Waals surface area contributed by atoms with Gasteiger partial charge in [0.25, 0.3) is 0 Å². The van der Waals surface area contributed by atoms with Crippen molar-refractivity contribution in [2.45, 2.75) is 64.7 Å². The number of benzene rings is 1. The average molecular weight is 351 g/mol. The van der Waals surface area contributed by atoms with Crippen molar-refractivity contribution in [3.8, 4) is 0 Å². The Morgan fingerprint density at radius 1 is 1.08 bits per heavy atom. The highest BCUT2D eigenvalue weighted by Crippen LogP contribution is 2.46. The first-order valence-corrected chi connectivity index (χ1v) is 9.32. The fourth-order valence-corrected chi connectivity index (χ4v) is 3.92. The van der Waals surface area contributed by atoms with E-state index < -0.39 is 0 Å². The highest BCUT2D eigenvalue weighted by Gasteiger charge is 2.37. The van der Waals surface area contributed by atoms with Crippen LogP contribution in [-0.4, -0.2) is 18.1 Å². The van der Waals surface area contributed by atoms with Crippen molar-refractivity contribution in [1.82, 2.24) is 4.98 Å². The van der Waals surface area contributed by atoms with Crippen LogP contribution in [0.2, 0.25) is 0 Å². The van der Waals surface area contributed by atoms with Gasteiger partial charge in [0.1, 0.15) is 0 Å². The van der Waals surface area contributed by atoms with E-state index in [0.717, 1.165) is 12.1 Å². The predicted molar refractivity (Wildman–Crippen MR) is 105 cm³/mol. The van der Waals surface area contributed by atoms with Crippen LogP contribution >= 0.6 is 0 Å². The lowest BCUT2D eigenvalue weighted by Crippen LogP contribution is -2.34. The summed E-state index contributed by atoms with van der Waals surface area (Å²) in [4.78, 5) is 16.0. The number of hydrogen-bond donors (Lipinski definition) is 0. The van der Waals surface area contributed by atoms with Crippen molar-refractivity contribution in [3.63, 3.8) is 0 Å². The van der Waals surface area contributed by atoms with Gasteiger partial charge in [-0.2, -0.15) is 0 Å². The molecule has 1 heterocycles. The monoisotopic (exact) mass is 351 g/mol. The molecule has 1 aromatic carbocycles. The second-order valence-corrected chi connectivity index (χ2v) is 8.80. The number of nitrogens with zero attached hydrogens (tertiary/aromatic N) is 1. The lowest BCUT2D eigenvalue weighted by molar-refractivity contribution is 0.0600. The van der Waals surface area contributed by atoms with Crippen LogP contribution in [0.4, 0.5) is 0 Å². The molecular formula is C23H29NO2. The lowest BCUT2D eigenvalue weighted by atomic mass is 9.62. The van der Waals surface area contributed by atoms with Gasteiger partial charge in [-0.15, -0.1) is 0 Å². The Morgan fingerprint density at radius 2 is 1.69 bits per heavy atom. The minimum absolute atomic E-state index is 0.204. The first-order chi connectivity index (χ1) is 12.1. The Hall–Kier alpha value is -2.16. The van der Waals surface area contributed by atoms with E-state index in [9.17, 15) is 4.79 Å². The Kier molecular flexibility index (Phi) is 4.68. The molecule has 0 atom stereocenters. The van der Waals surface area contributed by atoms with E-state index in [2.05, 4.69) is 51.7 Å². The van der Waals surface area contributed by atoms with Crippen LogP contribution in [-0.2, 0) is 22.0 Å². The van der Waals surface area contributed by atoms with Crippen molar-refractivity contribution >= 4 is 5.97 Å². The molecule has 1 aromatic heterocycles. The Bertz CT molecular complexity index is 832. The number of carbonyl (C=O) groups excluding carboxylic acids is 1. The number of esters is 1. The van der Waals surface area contributed by atoms with Gasteiger partial charge in [-0.05, 0) is 65.0 Å². The van der Waals surface area contributed by atoms with Gasteiger partial charge in [-0.1, -0.05) is 39.8 Å². The highest BCUT2D eigenvalue weighted by atomic mass is 16.5. The molecule has 0 bridgehead atoms. The molecule has 0 fully saturated rings. The molecule has 26 heavy (non-hydrogen) atoms. The first kappa shape index (κ1) is 18.6. The van der Waals surface area contributed by atoms with E-state index >= 15 is 0 Å². The molecule has 0 aliphatic heterocycles. The topological polar surface area (TPSA) is 39.2 Å². The molecule has 1 aliphatic rings. The minimum Gasteiger partial charge on any atom is -0.465 e. The second kappa shape index (κ2) is 6.53. The Labute approximate surface area is 156 Å². The van der Waals surface area contributed by atoms with Crippen molar-refractivity contribution in [2.75, 3.05) is 7.11 Å². The van der Waals surface area contributed by atoms with Gasteiger partial charge in [0.2, 0.25) is 0 Å². The van der Waals surface area contributed by atoms with E-state index in [1.807, 2.05) is 6.07 Å². The van der Waals surface area contributed by atoms with E-state index in [1.54, 1.807) is 12.3 Å². The maximum absolute atomic E-state index is 11.6. The number of pyridine rings is 1. The van der Waals surface area contributed by atoms with Crippen molar-refractivity contribution < 1.29 is 9.53 Å². The molecule has 0 saturated heterocycles. The van der Waals surface area contributed by atoms with Crippen molar-refractivity contribution in [1.29, 1.82) is 0 Å². The molecule has 0 amide bonds. The molecule has 0 radical (unpaired) electrons. The number of carbonyl (C=O) groups is 1. The maximum Gasteiger partial charge on any atom is 0.339 e. The first-order valence-electron chi connectivity index (χ1n) is 9.32. The van der Waals surface area contributed by atoms with Crippen LogP contribution in [0.3, 0.4) is 0 Å². The summed E-state index contributed by atoms with van der Waals surface area (Å²) in [6.07, 6.45) is 4.81. The van der Waals surface area contributed by atoms with Crippen molar-refractivity contribution in [3.05, 3.63) is 64.0 Å². The van der Waals surface area contributed by atoms with E-state index in [4.69, 9.17) is 4.74 Å². The van der Waals surface area contributed by atoms with Crippen LogP contribution in [0.5, 0.6) is 0 Å². The number of rotatable bonds is 3. The minimum atomic E-state index is -0.349. The van der Waals surface area contributed by atoms with Crippen LogP contribution in [0.25, 0.3) is 0 Å². The van der Waals surface area contributed by atoms with Crippen LogP contribution in [0.15, 0.2) is 30.5 Å². The zero-order chi connectivity index (χ0) is 19.1. The third kappa shape index (κ3) is 3.40. The number of ether oxygens (including phenoxy) is 1. The SMILES string of the molecule is COC(=O)c1ccc(Cc2cc3c(cc2C)C(C)(C)CCC3(C)C)nc1. The fourth-order valence-electron chi connectivity index (χ4n) is 3.92. The highest BCUT2D eigenvalue weighted by molar-refractivity contribution is 5.88. The van der Waals surface area contributed by atoms with E-state index in [0.29, 0.717) is 5.56 Å². The maximum atomic E-state index is 11.6. The zero-order valence-electron chi connectivity index (χ0n) is 16.8. The van der Waals surface area contributed by atoms with Gasteiger partial charge in [-0.25, -0.2) is 4.79 Å². The van der Waals surface area contributed by atoms with Crippen LogP contribution in [0, 0.1) is 6.92 Å². The van der Waals surface area contributed by atoms with Gasteiger partial charge in [0.05, 0.1) is 12.7 Å².